The van der Waals surface area contributed by atoms with Gasteiger partial charge < -0.3 is 19.5 Å². The predicted molar refractivity (Wildman–Crippen MR) is 119 cm³/mol. The van der Waals surface area contributed by atoms with Gasteiger partial charge in [-0.3, -0.25) is 9.59 Å². The molecule has 6 nitrogen and oxygen atoms in total. The number of likely N-dealkylation sites (tertiary alicyclic amines) is 1. The van der Waals surface area contributed by atoms with Gasteiger partial charge in [0.1, 0.15) is 17.3 Å². The lowest BCUT2D eigenvalue weighted by Gasteiger charge is -2.25. The summed E-state index contributed by atoms with van der Waals surface area (Å²) in [5.41, 5.74) is 0.917. The van der Waals surface area contributed by atoms with Crippen LogP contribution in [0.1, 0.15) is 37.4 Å². The number of halogens is 1. The summed E-state index contributed by atoms with van der Waals surface area (Å²) in [7, 11) is 1.56. The number of amides is 1. The van der Waals surface area contributed by atoms with Crippen molar-refractivity contribution in [2.45, 2.75) is 26.3 Å². The second kappa shape index (κ2) is 10.4. The molecule has 1 heterocycles. The summed E-state index contributed by atoms with van der Waals surface area (Å²) in [6, 6.07) is 11.5. The van der Waals surface area contributed by atoms with Gasteiger partial charge in [0.05, 0.1) is 18.2 Å². The van der Waals surface area contributed by atoms with Crippen molar-refractivity contribution in [3.8, 4) is 5.75 Å². The molecular formula is C25H28FNO5. The molecule has 1 atom stereocenters. The van der Waals surface area contributed by atoms with E-state index in [0.29, 0.717) is 42.4 Å². The van der Waals surface area contributed by atoms with Gasteiger partial charge in [0.15, 0.2) is 0 Å². The van der Waals surface area contributed by atoms with Gasteiger partial charge in [0, 0.05) is 25.8 Å². The van der Waals surface area contributed by atoms with Gasteiger partial charge in [0.25, 0.3) is 11.7 Å². The number of ether oxygens (including phenoxy) is 2. The van der Waals surface area contributed by atoms with E-state index < -0.39 is 23.5 Å². The fraction of sp³-hybridized carbons (Fsp3) is 0.360. The summed E-state index contributed by atoms with van der Waals surface area (Å²) in [5, 5.41) is 11.0. The van der Waals surface area contributed by atoms with E-state index in [1.165, 1.54) is 29.2 Å². The van der Waals surface area contributed by atoms with Gasteiger partial charge in [-0.05, 0) is 54.3 Å². The molecule has 0 unspecified atom stereocenters. The Morgan fingerprint density at radius 1 is 1.09 bits per heavy atom. The molecule has 3 rings (SSSR count). The summed E-state index contributed by atoms with van der Waals surface area (Å²) in [6.45, 7) is 5.32. The van der Waals surface area contributed by atoms with Crippen LogP contribution >= 0.6 is 0 Å². The van der Waals surface area contributed by atoms with E-state index in [1.54, 1.807) is 31.4 Å². The summed E-state index contributed by atoms with van der Waals surface area (Å²) >= 11 is 0. The van der Waals surface area contributed by atoms with Gasteiger partial charge in [-0.15, -0.1) is 0 Å². The Hall–Kier alpha value is -3.19. The van der Waals surface area contributed by atoms with E-state index in [0.717, 1.165) is 0 Å². The second-order valence-corrected chi connectivity index (χ2v) is 8.12. The summed E-state index contributed by atoms with van der Waals surface area (Å²) in [5.74, 6) is -1.16. The predicted octanol–water partition coefficient (Wildman–Crippen LogP) is 4.32. The Morgan fingerprint density at radius 2 is 1.75 bits per heavy atom. The summed E-state index contributed by atoms with van der Waals surface area (Å²) in [6.07, 6.45) is 0.517. The van der Waals surface area contributed by atoms with Crippen LogP contribution in [-0.4, -0.2) is 48.6 Å². The maximum atomic E-state index is 13.5. The van der Waals surface area contributed by atoms with Gasteiger partial charge >= 0.3 is 0 Å². The highest BCUT2D eigenvalue weighted by molar-refractivity contribution is 6.46. The van der Waals surface area contributed by atoms with Gasteiger partial charge in [0.2, 0.25) is 0 Å². The van der Waals surface area contributed by atoms with Crippen LogP contribution in [0.25, 0.3) is 5.76 Å². The molecule has 170 valence electrons. The van der Waals surface area contributed by atoms with Gasteiger partial charge in [-0.2, -0.15) is 0 Å². The van der Waals surface area contributed by atoms with Crippen LogP contribution in [0.15, 0.2) is 54.1 Å². The zero-order chi connectivity index (χ0) is 23.3. The van der Waals surface area contributed by atoms with E-state index in [4.69, 9.17) is 9.47 Å². The zero-order valence-corrected chi connectivity index (χ0v) is 18.5. The Kier molecular flexibility index (Phi) is 7.64. The van der Waals surface area contributed by atoms with Crippen LogP contribution in [0.5, 0.6) is 5.75 Å². The summed E-state index contributed by atoms with van der Waals surface area (Å²) in [4.78, 5) is 27.1. The minimum Gasteiger partial charge on any atom is -0.507 e. The molecule has 0 bridgehead atoms. The Balaban J connectivity index is 2.00. The molecule has 0 aliphatic carbocycles. The highest BCUT2D eigenvalue weighted by atomic mass is 19.1. The van der Waals surface area contributed by atoms with Crippen molar-refractivity contribution < 1.29 is 28.6 Å². The Morgan fingerprint density at radius 3 is 2.34 bits per heavy atom. The fourth-order valence-corrected chi connectivity index (χ4v) is 3.61. The minimum atomic E-state index is -0.815. The Labute approximate surface area is 187 Å². The molecule has 0 aromatic heterocycles. The standard InChI is InChI=1S/C25H28FNO5/c1-16(2)15-32-20-11-7-18(8-12-20)23(28)21-22(17-5-9-19(26)10-6-17)27(13-4-14-31-3)25(30)24(21)29/h5-12,16,22,28H,4,13-15H2,1-3H3/b23-21+/t22-/m0/s1. The number of hydrogen-bond donors (Lipinski definition) is 1. The highest BCUT2D eigenvalue weighted by Gasteiger charge is 2.45. The smallest absolute Gasteiger partial charge is 0.295 e. The molecule has 2 aromatic carbocycles. The topological polar surface area (TPSA) is 76.1 Å². The third-order valence-corrected chi connectivity index (χ3v) is 5.18. The third kappa shape index (κ3) is 5.16. The first-order valence-corrected chi connectivity index (χ1v) is 10.6. The van der Waals surface area contributed by atoms with E-state index in [1.807, 2.05) is 13.8 Å². The van der Waals surface area contributed by atoms with Crippen molar-refractivity contribution in [1.82, 2.24) is 4.90 Å². The largest absolute Gasteiger partial charge is 0.507 e. The first-order chi connectivity index (χ1) is 15.3. The number of nitrogens with zero attached hydrogens (tertiary/aromatic N) is 1. The number of ketones is 1. The third-order valence-electron chi connectivity index (χ3n) is 5.18. The molecule has 1 saturated heterocycles. The van der Waals surface area contributed by atoms with Crippen molar-refractivity contribution in [1.29, 1.82) is 0 Å². The van der Waals surface area contributed by atoms with Gasteiger partial charge in [-0.1, -0.05) is 26.0 Å². The van der Waals surface area contributed by atoms with E-state index in [9.17, 15) is 19.1 Å². The van der Waals surface area contributed by atoms with Crippen LogP contribution in [0.2, 0.25) is 0 Å². The van der Waals surface area contributed by atoms with E-state index >= 15 is 0 Å². The molecule has 1 amide bonds. The molecule has 1 aliphatic heterocycles. The Bertz CT molecular complexity index is 982. The van der Waals surface area contributed by atoms with Crippen LogP contribution in [0.4, 0.5) is 4.39 Å². The number of carbonyl (C=O) groups excluding carboxylic acids is 2. The average molecular weight is 441 g/mol. The van der Waals surface area contributed by atoms with E-state index in [-0.39, 0.29) is 17.9 Å². The van der Waals surface area contributed by atoms with Crippen molar-refractivity contribution in [2.24, 2.45) is 5.92 Å². The van der Waals surface area contributed by atoms with Gasteiger partial charge in [-0.25, -0.2) is 4.39 Å². The molecule has 0 saturated carbocycles. The summed E-state index contributed by atoms with van der Waals surface area (Å²) < 4.78 is 24.2. The lowest BCUT2D eigenvalue weighted by Crippen LogP contribution is -2.31. The molecule has 0 spiro atoms. The first kappa shape index (κ1) is 23.5. The first-order valence-electron chi connectivity index (χ1n) is 10.6. The SMILES string of the molecule is COCCCN1C(=O)C(=O)/C(=C(/O)c2ccc(OCC(C)C)cc2)[C@@H]1c1ccc(F)cc1. The number of Topliss-reactive ketones (excluding diaryl/α,β-unsaturated/α-hetero) is 1. The van der Waals surface area contributed by atoms with Crippen LogP contribution < -0.4 is 4.74 Å². The number of hydrogen-bond acceptors (Lipinski definition) is 5. The normalized spacial score (nSPS) is 17.9. The number of carbonyl (C=O) groups is 2. The molecule has 2 aromatic rings. The zero-order valence-electron chi connectivity index (χ0n) is 18.5. The van der Waals surface area contributed by atoms with Crippen molar-refractivity contribution >= 4 is 17.4 Å². The van der Waals surface area contributed by atoms with Crippen molar-refractivity contribution in [2.75, 3.05) is 26.9 Å². The lowest BCUT2D eigenvalue weighted by molar-refractivity contribution is -0.140. The van der Waals surface area contributed by atoms with Crippen LogP contribution in [-0.2, 0) is 14.3 Å². The second-order valence-electron chi connectivity index (χ2n) is 8.12. The monoisotopic (exact) mass is 441 g/mol. The number of methoxy groups -OCH3 is 1. The molecular weight excluding hydrogens is 413 g/mol. The van der Waals surface area contributed by atoms with Crippen molar-refractivity contribution in [3.63, 3.8) is 0 Å². The maximum Gasteiger partial charge on any atom is 0.295 e. The molecule has 32 heavy (non-hydrogen) atoms. The van der Waals surface area contributed by atoms with Crippen molar-refractivity contribution in [3.05, 3.63) is 71.0 Å². The number of aliphatic hydroxyl groups is 1. The number of aliphatic hydroxyl groups excluding tert-OH is 1. The maximum absolute atomic E-state index is 13.5. The minimum absolute atomic E-state index is 0.0186. The fourth-order valence-electron chi connectivity index (χ4n) is 3.61. The molecule has 7 heteroatoms. The average Bonchev–Trinajstić information content (AvgIpc) is 3.03. The molecule has 1 fully saturated rings. The number of rotatable bonds is 9. The van der Waals surface area contributed by atoms with Crippen LogP contribution in [0.3, 0.4) is 0 Å². The van der Waals surface area contributed by atoms with E-state index in [2.05, 4.69) is 0 Å². The lowest BCUT2D eigenvalue weighted by atomic mass is 9.95. The molecule has 1 N–H and O–H groups in total. The quantitative estimate of drug-likeness (QED) is 0.272. The highest BCUT2D eigenvalue weighted by Crippen LogP contribution is 2.39. The number of benzene rings is 2. The molecule has 1 aliphatic rings. The van der Waals surface area contributed by atoms with Crippen LogP contribution in [0, 0.1) is 11.7 Å². The molecule has 0 radical (unpaired) electrons.